The summed E-state index contributed by atoms with van der Waals surface area (Å²) >= 11 is 0. The van der Waals surface area contributed by atoms with Gasteiger partial charge in [0.2, 0.25) is 0 Å². The fourth-order valence-corrected chi connectivity index (χ4v) is 3.83. The van der Waals surface area contributed by atoms with Crippen molar-refractivity contribution >= 4 is 5.97 Å². The number of esters is 1. The Labute approximate surface area is 114 Å². The molecule has 0 heterocycles. The molecular weight excluding hydrogens is 238 g/mol. The average Bonchev–Trinajstić information content (AvgIpc) is 2.79. The Kier molecular flexibility index (Phi) is 3.56. The second kappa shape index (κ2) is 5.33. The van der Waals surface area contributed by atoms with E-state index in [0.717, 1.165) is 0 Å². The summed E-state index contributed by atoms with van der Waals surface area (Å²) in [4.78, 5) is 11.4. The molecule has 3 atom stereocenters. The van der Waals surface area contributed by atoms with Crippen LogP contribution in [0.1, 0.15) is 48.8 Å². The summed E-state index contributed by atoms with van der Waals surface area (Å²) in [5.74, 6) is 1.15. The Morgan fingerprint density at radius 1 is 1.26 bits per heavy atom. The van der Waals surface area contributed by atoms with Crippen LogP contribution in [0, 0.1) is 5.92 Å². The van der Waals surface area contributed by atoms with E-state index >= 15 is 0 Å². The summed E-state index contributed by atoms with van der Waals surface area (Å²) in [6, 6.07) is 9.03. The summed E-state index contributed by atoms with van der Waals surface area (Å²) in [6.45, 7) is 0.304. The molecule has 0 saturated heterocycles. The van der Waals surface area contributed by atoms with Gasteiger partial charge < -0.3 is 4.74 Å². The third-order valence-corrected chi connectivity index (χ3v) is 4.67. The first-order valence-electron chi connectivity index (χ1n) is 7.20. The zero-order valence-electron chi connectivity index (χ0n) is 11.4. The summed E-state index contributed by atoms with van der Waals surface area (Å²) in [5, 5.41) is 3.41. The first kappa shape index (κ1) is 12.7. The van der Waals surface area contributed by atoms with E-state index in [0.29, 0.717) is 24.4 Å². The summed E-state index contributed by atoms with van der Waals surface area (Å²) < 4.78 is 4.73. The predicted octanol–water partition coefficient (Wildman–Crippen LogP) is 2.78. The van der Waals surface area contributed by atoms with Crippen LogP contribution in [0.3, 0.4) is 0 Å². The number of carbonyl (C=O) groups is 1. The summed E-state index contributed by atoms with van der Waals surface area (Å²) in [5.41, 5.74) is 2.89. The van der Waals surface area contributed by atoms with E-state index in [1.54, 1.807) is 0 Å². The lowest BCUT2D eigenvalue weighted by Crippen LogP contribution is -2.32. The van der Waals surface area contributed by atoms with E-state index in [1.165, 1.54) is 43.9 Å². The second-order valence-corrected chi connectivity index (χ2v) is 5.62. The Bertz CT molecular complexity index is 472. The van der Waals surface area contributed by atoms with Gasteiger partial charge in [0, 0.05) is 6.04 Å². The Morgan fingerprint density at radius 3 is 2.79 bits per heavy atom. The van der Waals surface area contributed by atoms with Gasteiger partial charge in [-0.2, -0.15) is 0 Å². The molecule has 1 aromatic carbocycles. The molecule has 0 aliphatic heterocycles. The van der Waals surface area contributed by atoms with Crippen molar-refractivity contribution in [1.82, 2.24) is 5.32 Å². The van der Waals surface area contributed by atoms with Crippen molar-refractivity contribution in [3.63, 3.8) is 0 Å². The maximum atomic E-state index is 11.4. The number of fused-ring (bicyclic) bond motifs is 3. The Morgan fingerprint density at radius 2 is 2.00 bits per heavy atom. The smallest absolute Gasteiger partial charge is 0.319 e. The minimum absolute atomic E-state index is 0.184. The molecule has 0 amide bonds. The monoisotopic (exact) mass is 259 g/mol. The van der Waals surface area contributed by atoms with Gasteiger partial charge in [0.15, 0.2) is 0 Å². The van der Waals surface area contributed by atoms with Crippen LogP contribution in [0.15, 0.2) is 24.3 Å². The van der Waals surface area contributed by atoms with Crippen LogP contribution in [0.25, 0.3) is 0 Å². The van der Waals surface area contributed by atoms with Crippen LogP contribution in [0.4, 0.5) is 0 Å². The lowest BCUT2D eigenvalue weighted by molar-refractivity contribution is -0.139. The number of methoxy groups -OCH3 is 1. The van der Waals surface area contributed by atoms with Crippen molar-refractivity contribution in [3.8, 4) is 0 Å². The van der Waals surface area contributed by atoms with Crippen LogP contribution in [-0.2, 0) is 9.53 Å². The van der Waals surface area contributed by atoms with Gasteiger partial charge in [-0.25, -0.2) is 0 Å². The van der Waals surface area contributed by atoms with E-state index in [-0.39, 0.29) is 5.97 Å². The second-order valence-electron chi connectivity index (χ2n) is 5.62. The minimum atomic E-state index is -0.184. The van der Waals surface area contributed by atoms with E-state index in [2.05, 4.69) is 29.6 Å². The highest BCUT2D eigenvalue weighted by Gasteiger charge is 2.41. The number of benzene rings is 1. The fourth-order valence-electron chi connectivity index (χ4n) is 3.83. The molecule has 1 fully saturated rings. The molecular formula is C16H21NO2. The molecule has 0 aromatic heterocycles. The van der Waals surface area contributed by atoms with Crippen molar-refractivity contribution in [2.45, 2.75) is 37.6 Å². The largest absolute Gasteiger partial charge is 0.468 e. The van der Waals surface area contributed by atoms with Crippen LogP contribution >= 0.6 is 0 Å². The van der Waals surface area contributed by atoms with Crippen molar-refractivity contribution in [2.75, 3.05) is 13.7 Å². The summed E-state index contributed by atoms with van der Waals surface area (Å²) in [6.07, 6.45) is 5.20. The number of hydrogen-bond donors (Lipinski definition) is 1. The third-order valence-electron chi connectivity index (χ3n) is 4.67. The molecule has 1 aromatic rings. The van der Waals surface area contributed by atoms with Gasteiger partial charge in [-0.05, 0) is 35.8 Å². The lowest BCUT2D eigenvalue weighted by Gasteiger charge is -2.30. The van der Waals surface area contributed by atoms with Crippen LogP contribution in [0.5, 0.6) is 0 Å². The topological polar surface area (TPSA) is 38.3 Å². The van der Waals surface area contributed by atoms with Gasteiger partial charge in [-0.15, -0.1) is 0 Å². The van der Waals surface area contributed by atoms with Crippen LogP contribution < -0.4 is 5.32 Å². The number of ether oxygens (including phenoxy) is 1. The standard InChI is InChI=1S/C16H21NO2/c1-19-15(18)10-17-16-13-8-4-2-6-11(13)12-7-3-5-9-14(12)16/h2,4,6,8,12,14,16-17H,3,5,7,9-10H2,1H3. The van der Waals surface area contributed by atoms with Gasteiger partial charge in [-0.3, -0.25) is 10.1 Å². The number of nitrogens with one attached hydrogen (secondary N) is 1. The van der Waals surface area contributed by atoms with E-state index in [1.807, 2.05) is 0 Å². The first-order chi connectivity index (χ1) is 9.31. The first-order valence-corrected chi connectivity index (χ1v) is 7.20. The maximum Gasteiger partial charge on any atom is 0.319 e. The quantitative estimate of drug-likeness (QED) is 0.848. The Balaban J connectivity index is 1.83. The molecule has 102 valence electrons. The Hall–Kier alpha value is -1.35. The zero-order valence-corrected chi connectivity index (χ0v) is 11.4. The molecule has 0 radical (unpaired) electrons. The van der Waals surface area contributed by atoms with Gasteiger partial charge in [-0.1, -0.05) is 37.1 Å². The molecule has 19 heavy (non-hydrogen) atoms. The molecule has 2 aliphatic rings. The molecule has 0 spiro atoms. The minimum Gasteiger partial charge on any atom is -0.468 e. The molecule has 0 bridgehead atoms. The van der Waals surface area contributed by atoms with Crippen LogP contribution in [-0.4, -0.2) is 19.6 Å². The van der Waals surface area contributed by atoms with Crippen LogP contribution in [0.2, 0.25) is 0 Å². The molecule has 3 rings (SSSR count). The highest BCUT2D eigenvalue weighted by atomic mass is 16.5. The molecule has 1 N–H and O–H groups in total. The summed E-state index contributed by atoms with van der Waals surface area (Å²) in [7, 11) is 1.44. The maximum absolute atomic E-state index is 11.4. The van der Waals surface area contributed by atoms with E-state index in [9.17, 15) is 4.79 Å². The van der Waals surface area contributed by atoms with E-state index in [4.69, 9.17) is 4.74 Å². The highest BCUT2D eigenvalue weighted by Crippen LogP contribution is 2.51. The molecule has 3 heteroatoms. The third kappa shape index (κ3) is 2.27. The van der Waals surface area contributed by atoms with Crippen molar-refractivity contribution in [1.29, 1.82) is 0 Å². The number of hydrogen-bond acceptors (Lipinski definition) is 3. The van der Waals surface area contributed by atoms with Gasteiger partial charge >= 0.3 is 5.97 Å². The molecule has 3 nitrogen and oxygen atoms in total. The van der Waals surface area contributed by atoms with Gasteiger partial charge in [0.25, 0.3) is 0 Å². The van der Waals surface area contributed by atoms with E-state index < -0.39 is 0 Å². The molecule has 3 unspecified atom stereocenters. The number of rotatable bonds is 3. The average molecular weight is 259 g/mol. The van der Waals surface area contributed by atoms with Crippen molar-refractivity contribution in [2.24, 2.45) is 5.92 Å². The number of carbonyl (C=O) groups excluding carboxylic acids is 1. The molecule has 1 saturated carbocycles. The zero-order chi connectivity index (χ0) is 13.2. The van der Waals surface area contributed by atoms with Crippen molar-refractivity contribution in [3.05, 3.63) is 35.4 Å². The van der Waals surface area contributed by atoms with Crippen molar-refractivity contribution < 1.29 is 9.53 Å². The van der Waals surface area contributed by atoms with Gasteiger partial charge in [0.05, 0.1) is 13.7 Å². The molecule has 2 aliphatic carbocycles. The predicted molar refractivity (Wildman–Crippen MR) is 73.9 cm³/mol. The SMILES string of the molecule is COC(=O)CNC1c2ccccc2C2CCCCC21. The lowest BCUT2D eigenvalue weighted by atomic mass is 9.78. The fraction of sp³-hybridized carbons (Fsp3) is 0.562. The van der Waals surface area contributed by atoms with Gasteiger partial charge in [0.1, 0.15) is 0 Å². The normalized spacial score (nSPS) is 28.6. The highest BCUT2D eigenvalue weighted by molar-refractivity contribution is 5.71.